The predicted octanol–water partition coefficient (Wildman–Crippen LogP) is 0.945. The molecule has 9 atom stereocenters. The summed E-state index contributed by atoms with van der Waals surface area (Å²) in [5.74, 6) is 0.755. The lowest BCUT2D eigenvalue weighted by Gasteiger charge is -2.38. The van der Waals surface area contributed by atoms with Crippen LogP contribution in [0, 0.1) is 11.8 Å². The molecule has 3 N–H and O–H groups in total. The van der Waals surface area contributed by atoms with Crippen LogP contribution >= 0.6 is 11.6 Å². The van der Waals surface area contributed by atoms with E-state index in [4.69, 9.17) is 16.3 Å². The van der Waals surface area contributed by atoms with Gasteiger partial charge >= 0.3 is 0 Å². The van der Waals surface area contributed by atoms with Gasteiger partial charge < -0.3 is 15.0 Å². The first-order valence-corrected chi connectivity index (χ1v) is 11.0. The number of rotatable bonds is 2. The lowest BCUT2D eigenvalue weighted by molar-refractivity contribution is -0.135. The SMILES string of the molecule is O=C(C1CC2C(Cl)CC(F)CC2N1)N1CCC2NNC(C3CCCO3)C2C1. The molecule has 9 unspecified atom stereocenters. The Bertz CT molecular complexity index is 578. The molecule has 27 heavy (non-hydrogen) atoms. The molecule has 0 spiro atoms. The quantitative estimate of drug-likeness (QED) is 0.602. The highest BCUT2D eigenvalue weighted by Crippen LogP contribution is 2.39. The van der Waals surface area contributed by atoms with Gasteiger partial charge in [-0.2, -0.15) is 0 Å². The van der Waals surface area contributed by atoms with Gasteiger partial charge in [0.05, 0.1) is 18.2 Å². The van der Waals surface area contributed by atoms with Gasteiger partial charge in [-0.1, -0.05) is 0 Å². The van der Waals surface area contributed by atoms with Crippen molar-refractivity contribution >= 4 is 17.5 Å². The van der Waals surface area contributed by atoms with Gasteiger partial charge in [-0.05, 0) is 44.4 Å². The van der Waals surface area contributed by atoms with Gasteiger partial charge in [-0.3, -0.25) is 15.6 Å². The number of carbonyl (C=O) groups is 1. The first-order valence-electron chi connectivity index (χ1n) is 10.6. The first kappa shape index (κ1) is 18.6. The molecule has 0 aromatic rings. The van der Waals surface area contributed by atoms with E-state index in [1.54, 1.807) is 0 Å². The fourth-order valence-corrected chi connectivity index (χ4v) is 6.47. The van der Waals surface area contributed by atoms with Crippen molar-refractivity contribution in [2.45, 2.75) is 80.3 Å². The molecule has 5 fully saturated rings. The average Bonchev–Trinajstić information content (AvgIpc) is 3.38. The summed E-state index contributed by atoms with van der Waals surface area (Å²) in [7, 11) is 0. The van der Waals surface area contributed by atoms with E-state index in [1.165, 1.54) is 0 Å². The molecular formula is C19H30ClFN4O2. The number of piperidine rings is 1. The Morgan fingerprint density at radius 3 is 2.81 bits per heavy atom. The minimum absolute atomic E-state index is 0.0391. The van der Waals surface area contributed by atoms with Crippen LogP contribution < -0.4 is 16.2 Å². The monoisotopic (exact) mass is 400 g/mol. The van der Waals surface area contributed by atoms with E-state index >= 15 is 0 Å². The second kappa shape index (κ2) is 7.41. The number of likely N-dealkylation sites (tertiary alicyclic amines) is 1. The number of ether oxygens (including phenoxy) is 1. The van der Waals surface area contributed by atoms with Crippen molar-refractivity contribution in [1.29, 1.82) is 0 Å². The minimum Gasteiger partial charge on any atom is -0.377 e. The summed E-state index contributed by atoms with van der Waals surface area (Å²) in [5.41, 5.74) is 6.86. The fraction of sp³-hybridized carbons (Fsp3) is 0.947. The van der Waals surface area contributed by atoms with Crippen LogP contribution in [0.2, 0.25) is 0 Å². The second-order valence-corrected chi connectivity index (χ2v) is 9.58. The summed E-state index contributed by atoms with van der Waals surface area (Å²) >= 11 is 6.40. The fourth-order valence-electron chi connectivity index (χ4n) is 6.00. The van der Waals surface area contributed by atoms with Crippen LogP contribution in [0.5, 0.6) is 0 Å². The smallest absolute Gasteiger partial charge is 0.239 e. The maximum atomic E-state index is 13.8. The molecule has 1 saturated carbocycles. The normalized spacial score (nSPS) is 49.9. The van der Waals surface area contributed by atoms with E-state index in [9.17, 15) is 9.18 Å². The van der Waals surface area contributed by atoms with Crippen LogP contribution in [-0.4, -0.2) is 72.3 Å². The van der Waals surface area contributed by atoms with Crippen molar-refractivity contribution in [3.63, 3.8) is 0 Å². The molecule has 0 aromatic heterocycles. The molecule has 0 aromatic carbocycles. The number of hydrogen-bond acceptors (Lipinski definition) is 5. The molecule has 0 radical (unpaired) electrons. The molecule has 5 rings (SSSR count). The third kappa shape index (κ3) is 3.39. The third-order valence-corrected chi connectivity index (χ3v) is 7.93. The number of hydrogen-bond donors (Lipinski definition) is 3. The Hall–Kier alpha value is -0.470. The van der Waals surface area contributed by atoms with Gasteiger partial charge in [0.1, 0.15) is 6.17 Å². The molecule has 1 aliphatic carbocycles. The second-order valence-electron chi connectivity index (χ2n) is 9.02. The zero-order valence-electron chi connectivity index (χ0n) is 15.6. The van der Waals surface area contributed by atoms with E-state index in [1.807, 2.05) is 4.90 Å². The molecule has 5 aliphatic rings. The number of nitrogens with zero attached hydrogens (tertiary/aromatic N) is 1. The standard InChI is InChI=1S/C19H30ClFN4O2/c20-13-6-10(21)7-15-11(13)8-16(22-15)19(26)25-4-3-14-12(9-25)18(24-23-14)17-2-1-5-27-17/h10-18,22-24H,1-9H2. The highest BCUT2D eigenvalue weighted by atomic mass is 35.5. The summed E-state index contributed by atoms with van der Waals surface area (Å²) in [6, 6.07) is 0.498. The Morgan fingerprint density at radius 1 is 1.11 bits per heavy atom. The Kier molecular flexibility index (Phi) is 5.09. The molecule has 1 amide bonds. The predicted molar refractivity (Wildman–Crippen MR) is 100 cm³/mol. The number of fused-ring (bicyclic) bond motifs is 2. The maximum Gasteiger partial charge on any atom is 0.239 e. The average molecular weight is 401 g/mol. The molecule has 4 heterocycles. The van der Waals surface area contributed by atoms with Gasteiger partial charge in [-0.15, -0.1) is 11.6 Å². The van der Waals surface area contributed by atoms with Crippen molar-refractivity contribution in [2.24, 2.45) is 11.8 Å². The van der Waals surface area contributed by atoms with Crippen LogP contribution in [0.15, 0.2) is 0 Å². The van der Waals surface area contributed by atoms with Crippen molar-refractivity contribution in [3.8, 4) is 0 Å². The number of hydrazine groups is 1. The minimum atomic E-state index is -0.853. The van der Waals surface area contributed by atoms with E-state index in [0.717, 1.165) is 45.4 Å². The summed E-state index contributed by atoms with van der Waals surface area (Å²) in [4.78, 5) is 15.2. The van der Waals surface area contributed by atoms with Crippen LogP contribution in [-0.2, 0) is 9.53 Å². The lowest BCUT2D eigenvalue weighted by atomic mass is 9.83. The summed E-state index contributed by atoms with van der Waals surface area (Å²) in [6.07, 6.45) is 4.19. The highest BCUT2D eigenvalue weighted by molar-refractivity contribution is 6.21. The molecule has 4 saturated heterocycles. The van der Waals surface area contributed by atoms with Gasteiger partial charge in [0.15, 0.2) is 0 Å². The van der Waals surface area contributed by atoms with Crippen molar-refractivity contribution < 1.29 is 13.9 Å². The van der Waals surface area contributed by atoms with Crippen LogP contribution in [0.1, 0.15) is 38.5 Å². The topological polar surface area (TPSA) is 65.6 Å². The summed E-state index contributed by atoms with van der Waals surface area (Å²) in [5, 5.41) is 3.24. The van der Waals surface area contributed by atoms with E-state index in [-0.39, 0.29) is 41.4 Å². The molecule has 152 valence electrons. The van der Waals surface area contributed by atoms with Gasteiger partial charge in [0.25, 0.3) is 0 Å². The molecular weight excluding hydrogens is 371 g/mol. The number of alkyl halides is 2. The van der Waals surface area contributed by atoms with Crippen LogP contribution in [0.3, 0.4) is 0 Å². The van der Waals surface area contributed by atoms with E-state index in [0.29, 0.717) is 24.8 Å². The third-order valence-electron chi connectivity index (χ3n) is 7.43. The largest absolute Gasteiger partial charge is 0.377 e. The Morgan fingerprint density at radius 2 is 2.00 bits per heavy atom. The van der Waals surface area contributed by atoms with Gasteiger partial charge in [0, 0.05) is 43.1 Å². The summed E-state index contributed by atoms with van der Waals surface area (Å²) in [6.45, 7) is 2.38. The molecule has 0 bridgehead atoms. The summed E-state index contributed by atoms with van der Waals surface area (Å²) < 4.78 is 19.7. The Balaban J connectivity index is 1.23. The lowest BCUT2D eigenvalue weighted by Crippen LogP contribution is -2.54. The molecule has 6 nitrogen and oxygen atoms in total. The van der Waals surface area contributed by atoms with E-state index in [2.05, 4.69) is 16.2 Å². The number of nitrogens with one attached hydrogen (secondary N) is 3. The maximum absolute atomic E-state index is 13.8. The molecule has 4 aliphatic heterocycles. The van der Waals surface area contributed by atoms with Gasteiger partial charge in [0.2, 0.25) is 5.91 Å². The number of halogens is 2. The number of amides is 1. The van der Waals surface area contributed by atoms with Gasteiger partial charge in [-0.25, -0.2) is 4.39 Å². The van der Waals surface area contributed by atoms with Crippen LogP contribution in [0.25, 0.3) is 0 Å². The molecule has 8 heteroatoms. The van der Waals surface area contributed by atoms with E-state index < -0.39 is 6.17 Å². The first-order chi connectivity index (χ1) is 13.1. The van der Waals surface area contributed by atoms with Crippen LogP contribution in [0.4, 0.5) is 4.39 Å². The van der Waals surface area contributed by atoms with Crippen molar-refractivity contribution in [2.75, 3.05) is 19.7 Å². The highest BCUT2D eigenvalue weighted by Gasteiger charge is 2.49. The number of carbonyl (C=O) groups excluding carboxylic acids is 1. The Labute approximate surface area is 164 Å². The zero-order valence-corrected chi connectivity index (χ0v) is 16.3. The zero-order chi connectivity index (χ0) is 18.5. The van der Waals surface area contributed by atoms with Crippen molar-refractivity contribution in [3.05, 3.63) is 0 Å². The van der Waals surface area contributed by atoms with Crippen molar-refractivity contribution in [1.82, 2.24) is 21.1 Å².